The van der Waals surface area contributed by atoms with Gasteiger partial charge < -0.3 is 4.74 Å². The molecule has 5 rings (SSSR count). The van der Waals surface area contributed by atoms with E-state index in [4.69, 9.17) is 4.74 Å². The fraction of sp³-hybridized carbons (Fsp3) is 0.438. The van der Waals surface area contributed by atoms with Crippen molar-refractivity contribution in [2.75, 3.05) is 0 Å². The zero-order valence-electron chi connectivity index (χ0n) is 22.4. The molecule has 2 saturated carbocycles. The van der Waals surface area contributed by atoms with E-state index in [1.54, 1.807) is 12.1 Å². The van der Waals surface area contributed by atoms with Crippen molar-refractivity contribution in [1.29, 1.82) is 0 Å². The van der Waals surface area contributed by atoms with Crippen LogP contribution >= 0.6 is 0 Å². The third kappa shape index (κ3) is 6.09. The quantitative estimate of drug-likeness (QED) is 0.208. The summed E-state index contributed by atoms with van der Waals surface area (Å²) >= 11 is 0. The van der Waals surface area contributed by atoms with Gasteiger partial charge in [0.2, 0.25) is 0 Å². The van der Waals surface area contributed by atoms with Gasteiger partial charge >= 0.3 is 6.11 Å². The van der Waals surface area contributed by atoms with Gasteiger partial charge in [0.25, 0.3) is 0 Å². The number of hydrogen-bond acceptors (Lipinski definition) is 1. The maximum Gasteiger partial charge on any atom is 0.400 e. The summed E-state index contributed by atoms with van der Waals surface area (Å²) in [5.74, 6) is -9.15. The molecule has 41 heavy (non-hydrogen) atoms. The highest BCUT2D eigenvalue weighted by molar-refractivity contribution is 5.65. The Bertz CT molecular complexity index is 1380. The van der Waals surface area contributed by atoms with Crippen molar-refractivity contribution < 1.29 is 39.9 Å². The molecule has 2 aliphatic carbocycles. The minimum Gasteiger partial charge on any atom is -0.432 e. The Kier molecular flexibility index (Phi) is 8.35. The number of rotatable bonds is 6. The zero-order chi connectivity index (χ0) is 29.5. The Hall–Kier alpha value is -3.10. The first kappa shape index (κ1) is 29.4. The van der Waals surface area contributed by atoms with E-state index in [1.165, 1.54) is 0 Å². The standard InChI is InChI=1S/C32H30F8O/c1-17-2-4-18(5-3-17)24-12-13-25(30(37)29(24)36)19-6-8-21(9-7-19)32(39,40)41-22-10-11-23(26(33)16-22)20-14-27(34)31(38)28(35)15-20/h10-19,21H,2-9H2,1H3. The Morgan fingerprint density at radius 2 is 1.12 bits per heavy atom. The van der Waals surface area contributed by atoms with Crippen LogP contribution in [0.15, 0.2) is 42.5 Å². The summed E-state index contributed by atoms with van der Waals surface area (Å²) in [4.78, 5) is 0. The molecule has 2 fully saturated rings. The van der Waals surface area contributed by atoms with Crippen LogP contribution in [-0.4, -0.2) is 6.11 Å². The summed E-state index contributed by atoms with van der Waals surface area (Å²) in [5.41, 5.74) is -0.0398. The Morgan fingerprint density at radius 1 is 0.610 bits per heavy atom. The molecule has 0 saturated heterocycles. The van der Waals surface area contributed by atoms with Crippen molar-refractivity contribution in [2.24, 2.45) is 11.8 Å². The second-order valence-corrected chi connectivity index (χ2v) is 11.4. The van der Waals surface area contributed by atoms with Crippen LogP contribution in [0.25, 0.3) is 11.1 Å². The topological polar surface area (TPSA) is 9.23 Å². The van der Waals surface area contributed by atoms with Gasteiger partial charge in [0.15, 0.2) is 29.1 Å². The second-order valence-electron chi connectivity index (χ2n) is 11.4. The van der Waals surface area contributed by atoms with E-state index in [0.29, 0.717) is 29.7 Å². The van der Waals surface area contributed by atoms with Crippen molar-refractivity contribution >= 4 is 0 Å². The number of benzene rings is 3. The van der Waals surface area contributed by atoms with Gasteiger partial charge in [-0.25, -0.2) is 26.3 Å². The van der Waals surface area contributed by atoms with E-state index < -0.39 is 58.6 Å². The maximum atomic E-state index is 15.1. The summed E-state index contributed by atoms with van der Waals surface area (Å²) in [6, 6.07) is 7.15. The number of hydrogen-bond donors (Lipinski definition) is 0. The monoisotopic (exact) mass is 582 g/mol. The molecule has 220 valence electrons. The fourth-order valence-corrected chi connectivity index (χ4v) is 6.27. The molecule has 0 heterocycles. The average molecular weight is 583 g/mol. The molecule has 1 nitrogen and oxygen atoms in total. The van der Waals surface area contributed by atoms with Gasteiger partial charge in [-0.15, -0.1) is 0 Å². The second kappa shape index (κ2) is 11.6. The molecule has 0 spiro atoms. The van der Waals surface area contributed by atoms with Crippen LogP contribution in [0.5, 0.6) is 5.75 Å². The first-order valence-corrected chi connectivity index (χ1v) is 13.9. The van der Waals surface area contributed by atoms with E-state index in [0.717, 1.165) is 37.8 Å². The Labute approximate surface area is 233 Å². The van der Waals surface area contributed by atoms with Crippen molar-refractivity contribution in [3.05, 3.63) is 88.5 Å². The first-order valence-electron chi connectivity index (χ1n) is 13.9. The zero-order valence-corrected chi connectivity index (χ0v) is 22.4. The lowest BCUT2D eigenvalue weighted by Crippen LogP contribution is -2.37. The predicted octanol–water partition coefficient (Wildman–Crippen LogP) is 10.4. The molecule has 0 N–H and O–H groups in total. The lowest BCUT2D eigenvalue weighted by molar-refractivity contribution is -0.222. The summed E-state index contributed by atoms with van der Waals surface area (Å²) in [6.07, 6.45) is 0.256. The van der Waals surface area contributed by atoms with Gasteiger partial charge in [-0.1, -0.05) is 31.9 Å². The highest BCUT2D eigenvalue weighted by Gasteiger charge is 2.44. The van der Waals surface area contributed by atoms with Crippen LogP contribution in [0.3, 0.4) is 0 Å². The molecule has 9 heteroatoms. The fourth-order valence-electron chi connectivity index (χ4n) is 6.27. The maximum absolute atomic E-state index is 15.1. The minimum absolute atomic E-state index is 0.0155. The van der Waals surface area contributed by atoms with E-state index in [1.807, 2.05) is 0 Å². The molecule has 0 unspecified atom stereocenters. The number of alkyl halides is 2. The smallest absolute Gasteiger partial charge is 0.400 e. The van der Waals surface area contributed by atoms with Crippen molar-refractivity contribution in [3.8, 4) is 16.9 Å². The van der Waals surface area contributed by atoms with E-state index in [9.17, 15) is 17.6 Å². The third-order valence-corrected chi connectivity index (χ3v) is 8.73. The van der Waals surface area contributed by atoms with E-state index >= 15 is 17.6 Å². The highest BCUT2D eigenvalue weighted by atomic mass is 19.3. The summed E-state index contributed by atoms with van der Waals surface area (Å²) < 4.78 is 120. The van der Waals surface area contributed by atoms with E-state index in [-0.39, 0.29) is 48.3 Å². The van der Waals surface area contributed by atoms with Gasteiger partial charge in [-0.3, -0.25) is 0 Å². The normalized spacial score (nSPS) is 23.4. The molecule has 3 aromatic carbocycles. The SMILES string of the molecule is CC1CCC(c2ccc(C3CCC(C(F)(F)Oc4ccc(-c5cc(F)c(F)c(F)c5)c(F)c4)CC3)c(F)c2F)CC1. The van der Waals surface area contributed by atoms with Gasteiger partial charge in [-0.05, 0) is 97.2 Å². The summed E-state index contributed by atoms with van der Waals surface area (Å²) in [6.45, 7) is 2.15. The molecule has 0 amide bonds. The average Bonchev–Trinajstić information content (AvgIpc) is 2.93. The summed E-state index contributed by atoms with van der Waals surface area (Å²) in [7, 11) is 0. The van der Waals surface area contributed by atoms with Gasteiger partial charge in [0, 0.05) is 11.6 Å². The van der Waals surface area contributed by atoms with Crippen molar-refractivity contribution in [1.82, 2.24) is 0 Å². The lowest BCUT2D eigenvalue weighted by atomic mass is 9.76. The summed E-state index contributed by atoms with van der Waals surface area (Å²) in [5, 5.41) is 0. The molecular weight excluding hydrogens is 552 g/mol. The molecule has 0 bridgehead atoms. The van der Waals surface area contributed by atoms with Crippen LogP contribution < -0.4 is 4.74 Å². The van der Waals surface area contributed by atoms with Gasteiger partial charge in [0.1, 0.15) is 11.6 Å². The molecule has 0 aromatic heterocycles. The first-order chi connectivity index (χ1) is 19.4. The third-order valence-electron chi connectivity index (χ3n) is 8.73. The van der Waals surface area contributed by atoms with Crippen LogP contribution in [0, 0.1) is 46.7 Å². The van der Waals surface area contributed by atoms with Crippen LogP contribution in [0.4, 0.5) is 35.1 Å². The van der Waals surface area contributed by atoms with Crippen molar-refractivity contribution in [2.45, 2.75) is 76.2 Å². The molecule has 0 aliphatic heterocycles. The Morgan fingerprint density at radius 3 is 1.63 bits per heavy atom. The largest absolute Gasteiger partial charge is 0.432 e. The molecule has 0 atom stereocenters. The Balaban J connectivity index is 1.23. The van der Waals surface area contributed by atoms with Crippen LogP contribution in [0.2, 0.25) is 0 Å². The van der Waals surface area contributed by atoms with Crippen molar-refractivity contribution in [3.63, 3.8) is 0 Å². The predicted molar refractivity (Wildman–Crippen MR) is 139 cm³/mol. The number of ether oxygens (including phenoxy) is 1. The highest BCUT2D eigenvalue weighted by Crippen LogP contribution is 2.45. The minimum atomic E-state index is -3.68. The number of halogens is 8. The van der Waals surface area contributed by atoms with Crippen LogP contribution in [-0.2, 0) is 0 Å². The van der Waals surface area contributed by atoms with Gasteiger partial charge in [0.05, 0.1) is 5.92 Å². The molecule has 3 aromatic rings. The van der Waals surface area contributed by atoms with E-state index in [2.05, 4.69) is 6.92 Å². The molecule has 2 aliphatic rings. The lowest BCUT2D eigenvalue weighted by Gasteiger charge is -2.34. The van der Waals surface area contributed by atoms with Crippen LogP contribution in [0.1, 0.15) is 81.3 Å². The molecular formula is C32H30F8O. The molecule has 0 radical (unpaired) electrons. The van der Waals surface area contributed by atoms with Gasteiger partial charge in [-0.2, -0.15) is 8.78 Å².